The molecule has 0 radical (unpaired) electrons. The number of nitrogen functional groups attached to an aromatic ring is 1. The molecule has 1 aromatic carbocycles. The van der Waals surface area contributed by atoms with Gasteiger partial charge in [0.15, 0.2) is 0 Å². The first-order chi connectivity index (χ1) is 6.70. The van der Waals surface area contributed by atoms with Gasteiger partial charge in [-0.1, -0.05) is 0 Å². The third-order valence-corrected chi connectivity index (χ3v) is 2.33. The molecule has 0 saturated heterocycles. The van der Waals surface area contributed by atoms with Crippen LogP contribution in [-0.4, -0.2) is 12.7 Å². The summed E-state index contributed by atoms with van der Waals surface area (Å²) < 4.78 is 11.0. The van der Waals surface area contributed by atoms with Gasteiger partial charge in [0.25, 0.3) is 0 Å². The van der Waals surface area contributed by atoms with E-state index in [9.17, 15) is 0 Å². The SMILES string of the molecule is CCOc1cc2c(cc1N)O[C@H](C)C2. The summed E-state index contributed by atoms with van der Waals surface area (Å²) in [6, 6.07) is 3.83. The predicted octanol–water partition coefficient (Wildman–Crippen LogP) is 1.99. The molecule has 1 aliphatic rings. The molecule has 0 bridgehead atoms. The van der Waals surface area contributed by atoms with Crippen LogP contribution in [0.15, 0.2) is 12.1 Å². The quantitative estimate of drug-likeness (QED) is 0.730. The molecule has 1 aromatic rings. The summed E-state index contributed by atoms with van der Waals surface area (Å²) in [5, 5.41) is 0. The molecule has 0 fully saturated rings. The molecule has 1 aliphatic heterocycles. The highest BCUT2D eigenvalue weighted by Crippen LogP contribution is 2.36. The number of nitrogens with two attached hydrogens (primary N) is 1. The van der Waals surface area contributed by atoms with Crippen LogP contribution in [0.25, 0.3) is 0 Å². The van der Waals surface area contributed by atoms with Gasteiger partial charge >= 0.3 is 0 Å². The maximum atomic E-state index is 5.82. The van der Waals surface area contributed by atoms with E-state index in [1.54, 1.807) is 0 Å². The molecular weight excluding hydrogens is 178 g/mol. The van der Waals surface area contributed by atoms with Crippen molar-refractivity contribution >= 4 is 5.69 Å². The number of fused-ring (bicyclic) bond motifs is 1. The van der Waals surface area contributed by atoms with E-state index in [0.29, 0.717) is 12.3 Å². The number of anilines is 1. The smallest absolute Gasteiger partial charge is 0.142 e. The Hall–Kier alpha value is -1.38. The van der Waals surface area contributed by atoms with Gasteiger partial charge in [-0.2, -0.15) is 0 Å². The molecule has 0 unspecified atom stereocenters. The Morgan fingerprint density at radius 3 is 3.07 bits per heavy atom. The lowest BCUT2D eigenvalue weighted by Crippen LogP contribution is -2.05. The standard InChI is InChI=1S/C11H15NO2/c1-3-13-11-5-8-4-7(2)14-10(8)6-9(11)12/h5-7H,3-4,12H2,1-2H3/t7-/m1/s1. The fourth-order valence-corrected chi connectivity index (χ4v) is 1.74. The van der Waals surface area contributed by atoms with Gasteiger partial charge < -0.3 is 15.2 Å². The van der Waals surface area contributed by atoms with E-state index < -0.39 is 0 Å². The molecule has 0 aromatic heterocycles. The van der Waals surface area contributed by atoms with Crippen LogP contribution in [-0.2, 0) is 6.42 Å². The molecule has 3 heteroatoms. The monoisotopic (exact) mass is 193 g/mol. The second-order valence-corrected chi connectivity index (χ2v) is 3.56. The molecule has 0 spiro atoms. The lowest BCUT2D eigenvalue weighted by molar-refractivity contribution is 0.254. The summed E-state index contributed by atoms with van der Waals surface area (Å²) in [7, 11) is 0. The fraction of sp³-hybridized carbons (Fsp3) is 0.455. The van der Waals surface area contributed by atoms with Crippen LogP contribution in [0.4, 0.5) is 5.69 Å². The number of hydrogen-bond acceptors (Lipinski definition) is 3. The molecule has 2 rings (SSSR count). The number of hydrogen-bond donors (Lipinski definition) is 1. The highest BCUT2D eigenvalue weighted by atomic mass is 16.5. The van der Waals surface area contributed by atoms with E-state index in [2.05, 4.69) is 6.92 Å². The van der Waals surface area contributed by atoms with Crippen molar-refractivity contribution in [3.05, 3.63) is 17.7 Å². The van der Waals surface area contributed by atoms with Crippen molar-refractivity contribution in [3.63, 3.8) is 0 Å². The first-order valence-corrected chi connectivity index (χ1v) is 4.92. The minimum absolute atomic E-state index is 0.251. The average Bonchev–Trinajstić information content (AvgIpc) is 2.45. The van der Waals surface area contributed by atoms with Gasteiger partial charge in [-0.3, -0.25) is 0 Å². The Labute approximate surface area is 83.8 Å². The maximum absolute atomic E-state index is 5.82. The lowest BCUT2D eigenvalue weighted by Gasteiger charge is -2.08. The van der Waals surface area contributed by atoms with Crippen molar-refractivity contribution in [3.8, 4) is 11.5 Å². The van der Waals surface area contributed by atoms with Gasteiger partial charge in [0.1, 0.15) is 17.6 Å². The molecule has 76 valence electrons. The zero-order valence-corrected chi connectivity index (χ0v) is 8.54. The average molecular weight is 193 g/mol. The van der Waals surface area contributed by atoms with Crippen LogP contribution in [0.3, 0.4) is 0 Å². The second-order valence-electron chi connectivity index (χ2n) is 3.56. The van der Waals surface area contributed by atoms with Crippen molar-refractivity contribution in [1.29, 1.82) is 0 Å². The van der Waals surface area contributed by atoms with E-state index in [1.165, 1.54) is 5.56 Å². The van der Waals surface area contributed by atoms with Gasteiger partial charge in [0, 0.05) is 18.1 Å². The van der Waals surface area contributed by atoms with Crippen LogP contribution in [0.1, 0.15) is 19.4 Å². The molecule has 2 N–H and O–H groups in total. The van der Waals surface area contributed by atoms with Crippen LogP contribution >= 0.6 is 0 Å². The van der Waals surface area contributed by atoms with Crippen molar-refractivity contribution < 1.29 is 9.47 Å². The molecular formula is C11H15NO2. The van der Waals surface area contributed by atoms with Crippen molar-refractivity contribution in [2.75, 3.05) is 12.3 Å². The first-order valence-electron chi connectivity index (χ1n) is 4.92. The third kappa shape index (κ3) is 1.50. The summed E-state index contributed by atoms with van der Waals surface area (Å²) in [6.45, 7) is 4.64. The Morgan fingerprint density at radius 1 is 1.57 bits per heavy atom. The van der Waals surface area contributed by atoms with E-state index in [-0.39, 0.29) is 6.10 Å². The van der Waals surface area contributed by atoms with Gasteiger partial charge in [-0.25, -0.2) is 0 Å². The predicted molar refractivity (Wildman–Crippen MR) is 55.8 cm³/mol. The zero-order valence-electron chi connectivity index (χ0n) is 8.54. The Morgan fingerprint density at radius 2 is 2.36 bits per heavy atom. The summed E-state index contributed by atoms with van der Waals surface area (Å²) >= 11 is 0. The molecule has 0 saturated carbocycles. The molecule has 14 heavy (non-hydrogen) atoms. The molecule has 3 nitrogen and oxygen atoms in total. The van der Waals surface area contributed by atoms with E-state index in [1.807, 2.05) is 19.1 Å². The van der Waals surface area contributed by atoms with Crippen molar-refractivity contribution in [2.24, 2.45) is 0 Å². The van der Waals surface area contributed by atoms with Gasteiger partial charge in [0.05, 0.1) is 12.3 Å². The summed E-state index contributed by atoms with van der Waals surface area (Å²) in [4.78, 5) is 0. The largest absolute Gasteiger partial charge is 0.492 e. The summed E-state index contributed by atoms with van der Waals surface area (Å²) in [5.74, 6) is 1.67. The van der Waals surface area contributed by atoms with Crippen LogP contribution in [0.2, 0.25) is 0 Å². The second kappa shape index (κ2) is 3.40. The normalized spacial score (nSPS) is 18.9. The third-order valence-electron chi connectivity index (χ3n) is 2.33. The first kappa shape index (κ1) is 9.19. The number of rotatable bonds is 2. The van der Waals surface area contributed by atoms with E-state index in [0.717, 1.165) is 17.9 Å². The van der Waals surface area contributed by atoms with Gasteiger partial charge in [-0.05, 0) is 19.9 Å². The zero-order chi connectivity index (χ0) is 10.1. The number of ether oxygens (including phenoxy) is 2. The topological polar surface area (TPSA) is 44.5 Å². The van der Waals surface area contributed by atoms with Gasteiger partial charge in [0.2, 0.25) is 0 Å². The van der Waals surface area contributed by atoms with Crippen molar-refractivity contribution in [1.82, 2.24) is 0 Å². The molecule has 1 atom stereocenters. The maximum Gasteiger partial charge on any atom is 0.142 e. The van der Waals surface area contributed by atoms with Crippen LogP contribution in [0.5, 0.6) is 11.5 Å². The summed E-state index contributed by atoms with van der Waals surface area (Å²) in [5.41, 5.74) is 7.66. The van der Waals surface area contributed by atoms with Crippen LogP contribution in [0, 0.1) is 0 Å². The lowest BCUT2D eigenvalue weighted by atomic mass is 10.1. The Bertz CT molecular complexity index is 349. The summed E-state index contributed by atoms with van der Waals surface area (Å²) in [6.07, 6.45) is 1.19. The van der Waals surface area contributed by atoms with E-state index >= 15 is 0 Å². The van der Waals surface area contributed by atoms with Crippen molar-refractivity contribution in [2.45, 2.75) is 26.4 Å². The number of benzene rings is 1. The Kier molecular flexibility index (Phi) is 2.23. The van der Waals surface area contributed by atoms with E-state index in [4.69, 9.17) is 15.2 Å². The highest BCUT2D eigenvalue weighted by Gasteiger charge is 2.20. The molecule has 0 aliphatic carbocycles. The van der Waals surface area contributed by atoms with Crippen LogP contribution < -0.4 is 15.2 Å². The molecule has 1 heterocycles. The fourth-order valence-electron chi connectivity index (χ4n) is 1.74. The minimum Gasteiger partial charge on any atom is -0.492 e. The van der Waals surface area contributed by atoms with Gasteiger partial charge in [-0.15, -0.1) is 0 Å². The molecule has 0 amide bonds. The highest BCUT2D eigenvalue weighted by molar-refractivity contribution is 5.60. The minimum atomic E-state index is 0.251. The Balaban J connectivity index is 2.35.